The van der Waals surface area contributed by atoms with Crippen molar-refractivity contribution in [2.24, 2.45) is 5.16 Å². The molecule has 0 aliphatic carbocycles. The van der Waals surface area contributed by atoms with Crippen LogP contribution in [0.3, 0.4) is 0 Å². The Morgan fingerprint density at radius 1 is 1.25 bits per heavy atom. The van der Waals surface area contributed by atoms with Crippen LogP contribution >= 0.6 is 15.9 Å². The van der Waals surface area contributed by atoms with Gasteiger partial charge in [0.25, 0.3) is 5.60 Å². The van der Waals surface area contributed by atoms with E-state index in [0.29, 0.717) is 0 Å². The van der Waals surface area contributed by atoms with E-state index in [1.54, 1.807) is 0 Å². The molecule has 3 rings (SSSR count). The topological polar surface area (TPSA) is 68.1 Å². The molecule has 1 aliphatic heterocycles. The van der Waals surface area contributed by atoms with Crippen LogP contribution in [-0.2, 0) is 21.0 Å². The Morgan fingerprint density at radius 3 is 2.61 bits per heavy atom. The zero-order valence-corrected chi connectivity index (χ0v) is 17.4. The van der Waals surface area contributed by atoms with E-state index in [0.717, 1.165) is 40.6 Å². The van der Waals surface area contributed by atoms with E-state index in [-0.39, 0.29) is 13.0 Å². The second-order valence-electron chi connectivity index (χ2n) is 6.95. The first-order valence-electron chi connectivity index (χ1n) is 9.43. The molecule has 0 radical (unpaired) electrons. The molecule has 0 spiro atoms. The third-order valence-corrected chi connectivity index (χ3v) is 5.37. The van der Waals surface area contributed by atoms with Crippen LogP contribution in [0.25, 0.3) is 0 Å². The fraction of sp³-hybridized carbons (Fsp3) is 0.364. The smallest absolute Gasteiger partial charge is 0.354 e. The average Bonchev–Trinajstić information content (AvgIpc) is 3.14. The van der Waals surface area contributed by atoms with Crippen molar-refractivity contribution in [1.29, 1.82) is 0 Å². The predicted octanol–water partition coefficient (Wildman–Crippen LogP) is 5.50. The van der Waals surface area contributed by atoms with Gasteiger partial charge in [0, 0.05) is 10.9 Å². The van der Waals surface area contributed by atoms with Gasteiger partial charge in [-0.3, -0.25) is 0 Å². The van der Waals surface area contributed by atoms with Gasteiger partial charge in [-0.25, -0.2) is 4.79 Å². The lowest BCUT2D eigenvalue weighted by Gasteiger charge is -2.31. The number of benzene rings is 2. The summed E-state index contributed by atoms with van der Waals surface area (Å²) in [4.78, 5) is 17.9. The lowest BCUT2D eigenvalue weighted by atomic mass is 9.85. The number of rotatable bonds is 9. The molecule has 2 atom stereocenters. The maximum atomic E-state index is 12.3. The summed E-state index contributed by atoms with van der Waals surface area (Å²) in [5, 5.41) is 14.2. The van der Waals surface area contributed by atoms with Gasteiger partial charge in [-0.05, 0) is 36.1 Å². The largest absolute Gasteiger partial charge is 0.478 e. The standard InChI is InChI=1S/C22H24BrNO4/c1-2-3-9-19-14-22(21(25)26,28-24-19)20(17-10-12-18(23)13-11-17)27-15-16-7-5-4-6-8-16/h4-8,10-13,20H,2-3,9,14-15H2,1H3,(H,25,26). The van der Waals surface area contributed by atoms with Crippen molar-refractivity contribution < 1.29 is 19.5 Å². The summed E-state index contributed by atoms with van der Waals surface area (Å²) in [6.07, 6.45) is 2.13. The van der Waals surface area contributed by atoms with E-state index in [1.807, 2.05) is 54.6 Å². The molecular formula is C22H24BrNO4. The van der Waals surface area contributed by atoms with E-state index in [9.17, 15) is 9.90 Å². The summed E-state index contributed by atoms with van der Waals surface area (Å²) in [5.74, 6) is -1.07. The molecule has 1 N–H and O–H groups in total. The molecule has 0 amide bonds. The maximum Gasteiger partial charge on any atom is 0.354 e. The summed E-state index contributed by atoms with van der Waals surface area (Å²) in [5.41, 5.74) is 0.921. The molecule has 28 heavy (non-hydrogen) atoms. The zero-order chi connectivity index (χ0) is 20.0. The summed E-state index contributed by atoms with van der Waals surface area (Å²) in [6, 6.07) is 17.2. The van der Waals surface area contributed by atoms with Crippen LogP contribution < -0.4 is 0 Å². The van der Waals surface area contributed by atoms with E-state index in [4.69, 9.17) is 9.57 Å². The number of ether oxygens (including phenoxy) is 1. The number of hydrogen-bond acceptors (Lipinski definition) is 4. The van der Waals surface area contributed by atoms with Crippen LogP contribution in [0, 0.1) is 0 Å². The van der Waals surface area contributed by atoms with Gasteiger partial charge < -0.3 is 14.7 Å². The monoisotopic (exact) mass is 445 g/mol. The first-order chi connectivity index (χ1) is 13.5. The van der Waals surface area contributed by atoms with Crippen LogP contribution in [0.1, 0.15) is 49.8 Å². The predicted molar refractivity (Wildman–Crippen MR) is 111 cm³/mol. The van der Waals surface area contributed by atoms with Gasteiger partial charge in [0.15, 0.2) is 0 Å². The molecular weight excluding hydrogens is 422 g/mol. The number of hydrogen-bond donors (Lipinski definition) is 1. The van der Waals surface area contributed by atoms with Crippen LogP contribution in [0.2, 0.25) is 0 Å². The molecule has 2 aromatic rings. The fourth-order valence-corrected chi connectivity index (χ4v) is 3.55. The second-order valence-corrected chi connectivity index (χ2v) is 7.87. The SMILES string of the molecule is CCCCC1=NOC(C(=O)O)(C(OCc2ccccc2)c2ccc(Br)cc2)C1. The van der Waals surface area contributed by atoms with Crippen LogP contribution in [0.5, 0.6) is 0 Å². The number of carboxylic acid groups (broad SMARTS) is 1. The minimum absolute atomic E-state index is 0.220. The minimum Gasteiger partial charge on any atom is -0.478 e. The van der Waals surface area contributed by atoms with Crippen molar-refractivity contribution in [3.63, 3.8) is 0 Å². The Morgan fingerprint density at radius 2 is 1.96 bits per heavy atom. The van der Waals surface area contributed by atoms with Crippen molar-refractivity contribution in [3.05, 3.63) is 70.2 Å². The lowest BCUT2D eigenvalue weighted by molar-refractivity contribution is -0.187. The van der Waals surface area contributed by atoms with Crippen LogP contribution in [0.4, 0.5) is 0 Å². The van der Waals surface area contributed by atoms with Crippen molar-refractivity contribution in [2.45, 2.75) is 50.9 Å². The van der Waals surface area contributed by atoms with Gasteiger partial charge in [0.2, 0.25) is 0 Å². The number of halogens is 1. The average molecular weight is 446 g/mol. The molecule has 0 saturated heterocycles. The van der Waals surface area contributed by atoms with Gasteiger partial charge >= 0.3 is 5.97 Å². The highest BCUT2D eigenvalue weighted by Crippen LogP contribution is 2.41. The number of carboxylic acids is 1. The normalized spacial score (nSPS) is 19.7. The van der Waals surface area contributed by atoms with Gasteiger partial charge in [-0.1, -0.05) is 76.9 Å². The van der Waals surface area contributed by atoms with Crippen molar-refractivity contribution in [3.8, 4) is 0 Å². The molecule has 1 heterocycles. The lowest BCUT2D eigenvalue weighted by Crippen LogP contribution is -2.46. The Balaban J connectivity index is 1.89. The molecule has 6 heteroatoms. The van der Waals surface area contributed by atoms with E-state index in [1.165, 1.54) is 0 Å². The number of unbranched alkanes of at least 4 members (excludes halogenated alkanes) is 1. The molecule has 148 valence electrons. The highest BCUT2D eigenvalue weighted by atomic mass is 79.9. The fourth-order valence-electron chi connectivity index (χ4n) is 3.29. The van der Waals surface area contributed by atoms with Crippen LogP contribution in [-0.4, -0.2) is 22.4 Å². The number of aliphatic carboxylic acids is 1. The highest BCUT2D eigenvalue weighted by Gasteiger charge is 2.54. The molecule has 0 bridgehead atoms. The van der Waals surface area contributed by atoms with Crippen molar-refractivity contribution in [1.82, 2.24) is 0 Å². The zero-order valence-electron chi connectivity index (χ0n) is 15.8. The van der Waals surface area contributed by atoms with Crippen molar-refractivity contribution in [2.75, 3.05) is 0 Å². The third-order valence-electron chi connectivity index (χ3n) is 4.84. The van der Waals surface area contributed by atoms with E-state index in [2.05, 4.69) is 28.0 Å². The number of carbonyl (C=O) groups is 1. The molecule has 0 fully saturated rings. The molecule has 1 aliphatic rings. The van der Waals surface area contributed by atoms with E-state index < -0.39 is 17.7 Å². The molecule has 2 aromatic carbocycles. The Kier molecular flexibility index (Phi) is 6.86. The third kappa shape index (κ3) is 4.62. The first kappa shape index (κ1) is 20.6. The molecule has 5 nitrogen and oxygen atoms in total. The minimum atomic E-state index is -1.56. The summed E-state index contributed by atoms with van der Waals surface area (Å²) in [6.45, 7) is 2.37. The number of oxime groups is 1. The van der Waals surface area contributed by atoms with Crippen molar-refractivity contribution >= 4 is 27.6 Å². The van der Waals surface area contributed by atoms with Crippen LogP contribution in [0.15, 0.2) is 64.2 Å². The highest BCUT2D eigenvalue weighted by molar-refractivity contribution is 9.10. The molecule has 0 aromatic heterocycles. The van der Waals surface area contributed by atoms with Gasteiger partial charge in [0.05, 0.1) is 12.3 Å². The number of nitrogens with zero attached hydrogens (tertiary/aromatic N) is 1. The molecule has 0 saturated carbocycles. The Labute approximate surface area is 173 Å². The summed E-state index contributed by atoms with van der Waals surface area (Å²) in [7, 11) is 0. The Bertz CT molecular complexity index is 822. The van der Waals surface area contributed by atoms with Gasteiger partial charge in [0.1, 0.15) is 6.10 Å². The Hall–Kier alpha value is -2.18. The first-order valence-corrected chi connectivity index (χ1v) is 10.2. The van der Waals surface area contributed by atoms with Gasteiger partial charge in [-0.15, -0.1) is 0 Å². The van der Waals surface area contributed by atoms with E-state index >= 15 is 0 Å². The summed E-state index contributed by atoms with van der Waals surface area (Å²) >= 11 is 3.42. The summed E-state index contributed by atoms with van der Waals surface area (Å²) < 4.78 is 7.07. The quantitative estimate of drug-likeness (QED) is 0.553. The van der Waals surface area contributed by atoms with Gasteiger partial charge in [-0.2, -0.15) is 0 Å². The molecule has 2 unspecified atom stereocenters. The second kappa shape index (κ2) is 9.34. The maximum absolute atomic E-state index is 12.3.